The number of nitrogens with zero attached hydrogens (tertiary/aromatic N) is 2. The van der Waals surface area contributed by atoms with E-state index in [9.17, 15) is 0 Å². The third kappa shape index (κ3) is 5.66. The van der Waals surface area contributed by atoms with Crippen molar-refractivity contribution in [1.82, 2.24) is 9.88 Å². The molecule has 1 unspecified atom stereocenters. The first kappa shape index (κ1) is 15.7. The number of benzene rings is 1. The number of hydrogen-bond acceptors (Lipinski definition) is 3. The molecule has 2 aromatic rings. The number of aryl methyl sites for hydroxylation is 1. The minimum Gasteiger partial charge on any atom is -0.327 e. The van der Waals surface area contributed by atoms with Crippen molar-refractivity contribution in [2.45, 2.75) is 32.4 Å². The highest BCUT2D eigenvalue weighted by Gasteiger charge is 2.10. The minimum atomic E-state index is 0.215. The van der Waals surface area contributed by atoms with Gasteiger partial charge in [0, 0.05) is 31.5 Å². The van der Waals surface area contributed by atoms with Gasteiger partial charge in [-0.15, -0.1) is 0 Å². The topological polar surface area (TPSA) is 42.2 Å². The molecule has 0 saturated heterocycles. The highest BCUT2D eigenvalue weighted by Crippen LogP contribution is 2.07. The molecule has 0 bridgehead atoms. The Morgan fingerprint density at radius 3 is 2.43 bits per heavy atom. The number of likely N-dealkylation sites (N-methyl/N-ethyl adjacent to an activating group) is 1. The molecular formula is C18H25N3. The number of rotatable bonds is 8. The fraction of sp³-hybridized carbons (Fsp3) is 0.389. The quantitative estimate of drug-likeness (QED) is 0.810. The summed E-state index contributed by atoms with van der Waals surface area (Å²) in [4.78, 5) is 6.45. The van der Waals surface area contributed by atoms with E-state index >= 15 is 0 Å². The zero-order chi connectivity index (χ0) is 14.9. The monoisotopic (exact) mass is 283 g/mol. The molecule has 112 valence electrons. The van der Waals surface area contributed by atoms with Crippen molar-refractivity contribution >= 4 is 0 Å². The van der Waals surface area contributed by atoms with Gasteiger partial charge < -0.3 is 5.73 Å². The molecule has 0 amide bonds. The Kier molecular flexibility index (Phi) is 6.38. The average Bonchev–Trinajstić information content (AvgIpc) is 2.54. The summed E-state index contributed by atoms with van der Waals surface area (Å²) in [6, 6.07) is 14.9. The van der Waals surface area contributed by atoms with Gasteiger partial charge in [0.05, 0.1) is 0 Å². The van der Waals surface area contributed by atoms with Crippen LogP contribution in [0.25, 0.3) is 0 Å². The maximum atomic E-state index is 6.30. The van der Waals surface area contributed by atoms with Gasteiger partial charge in [-0.3, -0.25) is 9.88 Å². The van der Waals surface area contributed by atoms with Gasteiger partial charge in [0.2, 0.25) is 0 Å². The van der Waals surface area contributed by atoms with Crippen molar-refractivity contribution in [2.24, 2.45) is 5.73 Å². The van der Waals surface area contributed by atoms with Gasteiger partial charge in [0.1, 0.15) is 0 Å². The van der Waals surface area contributed by atoms with Crippen LogP contribution in [0.15, 0.2) is 54.9 Å². The van der Waals surface area contributed by atoms with E-state index in [4.69, 9.17) is 5.73 Å². The van der Waals surface area contributed by atoms with E-state index in [0.717, 1.165) is 32.5 Å². The van der Waals surface area contributed by atoms with Crippen LogP contribution in [0.1, 0.15) is 24.5 Å². The second-order valence-corrected chi connectivity index (χ2v) is 5.47. The molecule has 0 fully saturated rings. The summed E-state index contributed by atoms with van der Waals surface area (Å²) in [5.41, 5.74) is 8.96. The number of nitrogens with two attached hydrogens (primary N) is 1. The smallest absolute Gasteiger partial charge is 0.0271 e. The first-order valence-corrected chi connectivity index (χ1v) is 7.68. The van der Waals surface area contributed by atoms with Crippen LogP contribution in [0.2, 0.25) is 0 Å². The Morgan fingerprint density at radius 1 is 1.05 bits per heavy atom. The maximum Gasteiger partial charge on any atom is 0.0271 e. The lowest BCUT2D eigenvalue weighted by atomic mass is 10.1. The summed E-state index contributed by atoms with van der Waals surface area (Å²) in [5, 5.41) is 0. The van der Waals surface area contributed by atoms with Gasteiger partial charge >= 0.3 is 0 Å². The predicted octanol–water partition coefficient (Wildman–Crippen LogP) is 2.86. The van der Waals surface area contributed by atoms with Gasteiger partial charge in [0.15, 0.2) is 0 Å². The standard InChI is InChI=1S/C18H25N3/c1-2-21(14-17-10-12-20-13-11-17)15-18(19)9-8-16-6-4-3-5-7-16/h3-7,10-13,18H,2,8-9,14-15,19H2,1H3. The summed E-state index contributed by atoms with van der Waals surface area (Å²) in [6.07, 6.45) is 5.77. The molecule has 0 spiro atoms. The van der Waals surface area contributed by atoms with Crippen molar-refractivity contribution in [1.29, 1.82) is 0 Å². The molecule has 0 aliphatic carbocycles. The maximum absolute atomic E-state index is 6.30. The van der Waals surface area contributed by atoms with Gasteiger partial charge in [-0.25, -0.2) is 0 Å². The van der Waals surface area contributed by atoms with E-state index < -0.39 is 0 Å². The normalized spacial score (nSPS) is 12.5. The Balaban J connectivity index is 1.78. The lowest BCUT2D eigenvalue weighted by Crippen LogP contribution is -2.37. The molecule has 2 rings (SSSR count). The van der Waals surface area contributed by atoms with Crippen molar-refractivity contribution < 1.29 is 0 Å². The third-order valence-corrected chi connectivity index (χ3v) is 3.74. The van der Waals surface area contributed by atoms with Crippen molar-refractivity contribution in [3.05, 3.63) is 66.0 Å². The van der Waals surface area contributed by atoms with E-state index in [2.05, 4.69) is 59.3 Å². The van der Waals surface area contributed by atoms with Crippen LogP contribution in [0.3, 0.4) is 0 Å². The number of pyridine rings is 1. The summed E-state index contributed by atoms with van der Waals surface area (Å²) >= 11 is 0. The Morgan fingerprint density at radius 2 is 1.76 bits per heavy atom. The van der Waals surface area contributed by atoms with Gasteiger partial charge in [-0.05, 0) is 42.6 Å². The summed E-state index contributed by atoms with van der Waals surface area (Å²) in [7, 11) is 0. The average molecular weight is 283 g/mol. The predicted molar refractivity (Wildman–Crippen MR) is 87.9 cm³/mol. The molecule has 21 heavy (non-hydrogen) atoms. The molecule has 0 aliphatic rings. The third-order valence-electron chi connectivity index (χ3n) is 3.74. The molecule has 1 aromatic heterocycles. The summed E-state index contributed by atoms with van der Waals surface area (Å²) in [6.45, 7) is 5.08. The molecule has 1 atom stereocenters. The lowest BCUT2D eigenvalue weighted by Gasteiger charge is -2.24. The fourth-order valence-electron chi connectivity index (χ4n) is 2.47. The highest BCUT2D eigenvalue weighted by molar-refractivity contribution is 5.14. The Hall–Kier alpha value is -1.71. The first-order chi connectivity index (χ1) is 10.3. The Bertz CT molecular complexity index is 498. The van der Waals surface area contributed by atoms with Gasteiger partial charge in [-0.2, -0.15) is 0 Å². The summed E-state index contributed by atoms with van der Waals surface area (Å²) < 4.78 is 0. The summed E-state index contributed by atoms with van der Waals surface area (Å²) in [5.74, 6) is 0. The Labute approximate surface area is 127 Å². The van der Waals surface area contributed by atoms with Crippen LogP contribution in [-0.2, 0) is 13.0 Å². The van der Waals surface area contributed by atoms with Gasteiger partial charge in [0.25, 0.3) is 0 Å². The highest BCUT2D eigenvalue weighted by atomic mass is 15.1. The molecule has 2 N–H and O–H groups in total. The molecule has 1 heterocycles. The number of aromatic nitrogens is 1. The van der Waals surface area contributed by atoms with Crippen molar-refractivity contribution in [2.75, 3.05) is 13.1 Å². The van der Waals surface area contributed by atoms with Crippen molar-refractivity contribution in [3.63, 3.8) is 0 Å². The molecule has 3 nitrogen and oxygen atoms in total. The molecule has 1 aromatic carbocycles. The SMILES string of the molecule is CCN(Cc1ccncc1)CC(N)CCc1ccccc1. The van der Waals surface area contributed by atoms with Crippen molar-refractivity contribution in [3.8, 4) is 0 Å². The molecule has 0 saturated carbocycles. The zero-order valence-corrected chi connectivity index (χ0v) is 12.8. The van der Waals surface area contributed by atoms with E-state index in [-0.39, 0.29) is 6.04 Å². The number of hydrogen-bond donors (Lipinski definition) is 1. The van der Waals surface area contributed by atoms with Gasteiger partial charge in [-0.1, -0.05) is 37.3 Å². The van der Waals surface area contributed by atoms with E-state index in [1.165, 1.54) is 11.1 Å². The second-order valence-electron chi connectivity index (χ2n) is 5.47. The molecule has 0 aliphatic heterocycles. The molecular weight excluding hydrogens is 258 g/mol. The zero-order valence-electron chi connectivity index (χ0n) is 12.8. The minimum absolute atomic E-state index is 0.215. The molecule has 0 radical (unpaired) electrons. The van der Waals surface area contributed by atoms with E-state index in [1.807, 2.05) is 12.4 Å². The van der Waals surface area contributed by atoms with Crippen LogP contribution < -0.4 is 5.73 Å². The van der Waals surface area contributed by atoms with E-state index in [1.54, 1.807) is 0 Å². The van der Waals surface area contributed by atoms with Crippen LogP contribution >= 0.6 is 0 Å². The van der Waals surface area contributed by atoms with Crippen LogP contribution in [0, 0.1) is 0 Å². The lowest BCUT2D eigenvalue weighted by molar-refractivity contribution is 0.257. The fourth-order valence-corrected chi connectivity index (χ4v) is 2.47. The van der Waals surface area contributed by atoms with Crippen LogP contribution in [-0.4, -0.2) is 29.0 Å². The largest absolute Gasteiger partial charge is 0.327 e. The second kappa shape index (κ2) is 8.55. The molecule has 3 heteroatoms. The van der Waals surface area contributed by atoms with E-state index in [0.29, 0.717) is 0 Å². The van der Waals surface area contributed by atoms with Crippen LogP contribution in [0.4, 0.5) is 0 Å². The first-order valence-electron chi connectivity index (χ1n) is 7.68. The van der Waals surface area contributed by atoms with Crippen LogP contribution in [0.5, 0.6) is 0 Å².